The maximum atomic E-state index is 12.8. The fraction of sp³-hybridized carbons (Fsp3) is 0.500. The molecule has 2 aromatic rings. The summed E-state index contributed by atoms with van der Waals surface area (Å²) in [5.74, 6) is 0.523. The molecule has 28 heavy (non-hydrogen) atoms. The average Bonchev–Trinajstić information content (AvgIpc) is 3.11. The van der Waals surface area contributed by atoms with Gasteiger partial charge in [0.1, 0.15) is 11.5 Å². The number of nitrogens with one attached hydrogen (secondary N) is 1. The fourth-order valence-electron chi connectivity index (χ4n) is 4.49. The van der Waals surface area contributed by atoms with Crippen LogP contribution in [0.3, 0.4) is 0 Å². The number of aromatic nitrogens is 2. The van der Waals surface area contributed by atoms with Gasteiger partial charge in [0, 0.05) is 36.7 Å². The Bertz CT molecular complexity index is 998. The number of imidazole rings is 1. The summed E-state index contributed by atoms with van der Waals surface area (Å²) >= 11 is 0. The molecule has 2 aliphatic heterocycles. The van der Waals surface area contributed by atoms with Crippen molar-refractivity contribution in [3.63, 3.8) is 0 Å². The lowest BCUT2D eigenvalue weighted by atomic mass is 10.1. The molecule has 0 saturated carbocycles. The molecule has 0 aliphatic carbocycles. The summed E-state index contributed by atoms with van der Waals surface area (Å²) < 4.78 is 28.5. The minimum absolute atomic E-state index is 0.000211. The van der Waals surface area contributed by atoms with Gasteiger partial charge in [-0.15, -0.1) is 0 Å². The van der Waals surface area contributed by atoms with Gasteiger partial charge in [-0.3, -0.25) is 4.79 Å². The number of hydrogen-bond acceptors (Lipinski definition) is 4. The van der Waals surface area contributed by atoms with Crippen LogP contribution in [0.4, 0.5) is 0 Å². The SMILES string of the molecule is CC(C)NC(=O)c1nc(-c2ccccc2)n2c1C[C@@H]1CC[C@H](C2)N1S(C)(=O)=O. The van der Waals surface area contributed by atoms with E-state index < -0.39 is 10.0 Å². The van der Waals surface area contributed by atoms with E-state index in [1.165, 1.54) is 6.26 Å². The lowest BCUT2D eigenvalue weighted by Crippen LogP contribution is -2.41. The van der Waals surface area contributed by atoms with Crippen LogP contribution in [0.25, 0.3) is 11.4 Å². The zero-order valence-corrected chi connectivity index (χ0v) is 17.2. The van der Waals surface area contributed by atoms with Crippen LogP contribution >= 0.6 is 0 Å². The van der Waals surface area contributed by atoms with Crippen molar-refractivity contribution in [3.8, 4) is 11.4 Å². The summed E-state index contributed by atoms with van der Waals surface area (Å²) in [5.41, 5.74) is 2.17. The van der Waals surface area contributed by atoms with Gasteiger partial charge in [-0.25, -0.2) is 13.4 Å². The van der Waals surface area contributed by atoms with Gasteiger partial charge in [-0.1, -0.05) is 30.3 Å². The van der Waals surface area contributed by atoms with Gasteiger partial charge < -0.3 is 9.88 Å². The predicted octanol–water partition coefficient (Wildman–Crippen LogP) is 2.04. The topological polar surface area (TPSA) is 84.3 Å². The minimum Gasteiger partial charge on any atom is -0.348 e. The highest BCUT2D eigenvalue weighted by molar-refractivity contribution is 7.88. The molecular formula is C20H26N4O3S. The second-order valence-corrected chi connectivity index (χ2v) is 9.91. The van der Waals surface area contributed by atoms with Crippen LogP contribution in [-0.4, -0.2) is 52.6 Å². The Kier molecular flexibility index (Phi) is 4.79. The highest BCUT2D eigenvalue weighted by Crippen LogP contribution is 2.36. The van der Waals surface area contributed by atoms with Gasteiger partial charge in [0.25, 0.3) is 5.91 Å². The van der Waals surface area contributed by atoms with Crippen molar-refractivity contribution < 1.29 is 13.2 Å². The third-order valence-electron chi connectivity index (χ3n) is 5.50. The minimum atomic E-state index is -3.31. The first-order valence-electron chi connectivity index (χ1n) is 9.70. The monoisotopic (exact) mass is 402 g/mol. The fourth-order valence-corrected chi connectivity index (χ4v) is 5.92. The number of amides is 1. The molecule has 0 spiro atoms. The summed E-state index contributed by atoms with van der Waals surface area (Å²) in [6.07, 6.45) is 3.43. The van der Waals surface area contributed by atoms with E-state index in [0.717, 1.165) is 29.9 Å². The summed E-state index contributed by atoms with van der Waals surface area (Å²) in [6.45, 7) is 4.35. The van der Waals surface area contributed by atoms with Crippen molar-refractivity contribution in [2.45, 2.75) is 57.8 Å². The van der Waals surface area contributed by atoms with E-state index in [1.54, 1.807) is 4.31 Å². The molecule has 2 bridgehead atoms. The van der Waals surface area contributed by atoms with E-state index in [2.05, 4.69) is 9.88 Å². The molecule has 1 N–H and O–H groups in total. The van der Waals surface area contributed by atoms with E-state index in [-0.39, 0.29) is 24.0 Å². The van der Waals surface area contributed by atoms with Crippen LogP contribution in [0.15, 0.2) is 30.3 Å². The van der Waals surface area contributed by atoms with Crippen LogP contribution in [0, 0.1) is 0 Å². The number of fused-ring (bicyclic) bond motifs is 3. The number of hydrogen-bond donors (Lipinski definition) is 1. The van der Waals surface area contributed by atoms with E-state index in [0.29, 0.717) is 18.7 Å². The zero-order chi connectivity index (χ0) is 20.1. The normalized spacial score (nSPS) is 22.1. The smallest absolute Gasteiger partial charge is 0.271 e. The van der Waals surface area contributed by atoms with E-state index >= 15 is 0 Å². The van der Waals surface area contributed by atoms with Gasteiger partial charge in [-0.05, 0) is 26.7 Å². The maximum Gasteiger partial charge on any atom is 0.271 e. The lowest BCUT2D eigenvalue weighted by Gasteiger charge is -2.25. The second kappa shape index (κ2) is 7.00. The van der Waals surface area contributed by atoms with Crippen molar-refractivity contribution in [1.82, 2.24) is 19.2 Å². The lowest BCUT2D eigenvalue weighted by molar-refractivity contribution is 0.0937. The number of carbonyl (C=O) groups excluding carboxylic acids is 1. The largest absolute Gasteiger partial charge is 0.348 e. The Morgan fingerprint density at radius 2 is 1.86 bits per heavy atom. The second-order valence-electron chi connectivity index (χ2n) is 8.02. The number of sulfonamides is 1. The first-order chi connectivity index (χ1) is 13.3. The van der Waals surface area contributed by atoms with E-state index in [9.17, 15) is 13.2 Å². The maximum absolute atomic E-state index is 12.8. The third-order valence-corrected chi connectivity index (χ3v) is 6.86. The van der Waals surface area contributed by atoms with Crippen LogP contribution in [-0.2, 0) is 23.0 Å². The summed E-state index contributed by atoms with van der Waals surface area (Å²) in [7, 11) is -3.31. The summed E-state index contributed by atoms with van der Waals surface area (Å²) in [6, 6.07) is 9.54. The molecule has 0 unspecified atom stereocenters. The van der Waals surface area contributed by atoms with Crippen LogP contribution in [0.1, 0.15) is 42.9 Å². The van der Waals surface area contributed by atoms with Crippen molar-refractivity contribution in [1.29, 1.82) is 0 Å². The molecule has 1 aromatic carbocycles. The Morgan fingerprint density at radius 1 is 1.18 bits per heavy atom. The number of nitrogens with zero attached hydrogens (tertiary/aromatic N) is 3. The molecule has 1 saturated heterocycles. The van der Waals surface area contributed by atoms with Gasteiger partial charge in [0.05, 0.1) is 11.9 Å². The van der Waals surface area contributed by atoms with Crippen molar-refractivity contribution in [3.05, 3.63) is 41.7 Å². The molecule has 2 aliphatic rings. The van der Waals surface area contributed by atoms with Crippen LogP contribution < -0.4 is 5.32 Å². The van der Waals surface area contributed by atoms with Gasteiger partial charge in [0.2, 0.25) is 10.0 Å². The highest BCUT2D eigenvalue weighted by atomic mass is 32.2. The molecule has 1 fully saturated rings. The zero-order valence-electron chi connectivity index (χ0n) is 16.4. The summed E-state index contributed by atoms with van der Waals surface area (Å²) in [5, 5.41) is 2.93. The molecule has 8 heteroatoms. The number of rotatable bonds is 4. The van der Waals surface area contributed by atoms with Crippen LogP contribution in [0.5, 0.6) is 0 Å². The van der Waals surface area contributed by atoms with Crippen molar-refractivity contribution in [2.24, 2.45) is 0 Å². The average molecular weight is 403 g/mol. The molecule has 4 rings (SSSR count). The quantitative estimate of drug-likeness (QED) is 0.848. The first-order valence-corrected chi connectivity index (χ1v) is 11.5. The molecule has 3 heterocycles. The predicted molar refractivity (Wildman–Crippen MR) is 107 cm³/mol. The first kappa shape index (κ1) is 19.1. The molecule has 1 amide bonds. The van der Waals surface area contributed by atoms with E-state index in [1.807, 2.05) is 44.2 Å². The number of carbonyl (C=O) groups is 1. The van der Waals surface area contributed by atoms with Gasteiger partial charge >= 0.3 is 0 Å². The molecule has 150 valence electrons. The van der Waals surface area contributed by atoms with Crippen LogP contribution in [0.2, 0.25) is 0 Å². The Labute approximate surface area is 165 Å². The molecule has 2 atom stereocenters. The summed E-state index contributed by atoms with van der Waals surface area (Å²) in [4.78, 5) is 17.6. The third kappa shape index (κ3) is 3.35. The van der Waals surface area contributed by atoms with Gasteiger partial charge in [-0.2, -0.15) is 4.31 Å². The molecular weight excluding hydrogens is 376 g/mol. The molecule has 7 nitrogen and oxygen atoms in total. The molecule has 0 radical (unpaired) electrons. The molecule has 1 aromatic heterocycles. The standard InChI is InChI=1S/C20H26N4O3S/c1-13(2)21-20(25)18-17-11-15-9-10-16(24(15)28(3,26)27)12-23(17)19(22-18)14-7-5-4-6-8-14/h4-8,13,15-16H,9-12H2,1-3H3,(H,21,25)/t15-,16+/m0/s1. The Morgan fingerprint density at radius 3 is 2.50 bits per heavy atom. The highest BCUT2D eigenvalue weighted by Gasteiger charge is 2.44. The van der Waals surface area contributed by atoms with Crippen molar-refractivity contribution >= 4 is 15.9 Å². The Balaban J connectivity index is 1.85. The van der Waals surface area contributed by atoms with Gasteiger partial charge in [0.15, 0.2) is 0 Å². The number of benzene rings is 1. The van der Waals surface area contributed by atoms with E-state index in [4.69, 9.17) is 4.98 Å². The Hall–Kier alpha value is -2.19. The van der Waals surface area contributed by atoms with Crippen molar-refractivity contribution in [2.75, 3.05) is 6.26 Å².